The second-order valence-corrected chi connectivity index (χ2v) is 9.77. The fourth-order valence-corrected chi connectivity index (χ4v) is 6.56. The molecule has 3 aromatic carbocycles. The van der Waals surface area contributed by atoms with Gasteiger partial charge < -0.3 is 14.6 Å². The van der Waals surface area contributed by atoms with Gasteiger partial charge >= 0.3 is 0 Å². The third-order valence-corrected chi connectivity index (χ3v) is 8.02. The largest absolute Gasteiger partial charge is 0.461 e. The maximum absolute atomic E-state index is 15.1. The van der Waals surface area contributed by atoms with Gasteiger partial charge in [0.15, 0.2) is 11.5 Å². The summed E-state index contributed by atoms with van der Waals surface area (Å²) in [6, 6.07) is 21.8. The van der Waals surface area contributed by atoms with Crippen molar-refractivity contribution in [3.63, 3.8) is 0 Å². The molecule has 0 aliphatic carbocycles. The molecule has 38 heavy (non-hydrogen) atoms. The van der Waals surface area contributed by atoms with E-state index < -0.39 is 46.7 Å². The summed E-state index contributed by atoms with van der Waals surface area (Å²) in [5.41, 5.74) is 1.19. The highest BCUT2D eigenvalue weighted by molar-refractivity contribution is 6.16. The number of nitrogens with zero attached hydrogens (tertiary/aromatic N) is 1. The van der Waals surface area contributed by atoms with E-state index >= 15 is 4.39 Å². The van der Waals surface area contributed by atoms with Crippen molar-refractivity contribution in [3.8, 4) is 0 Å². The third-order valence-electron chi connectivity index (χ3n) is 8.02. The van der Waals surface area contributed by atoms with E-state index in [4.69, 9.17) is 4.42 Å². The van der Waals surface area contributed by atoms with Crippen LogP contribution in [0.5, 0.6) is 0 Å². The number of Topliss-reactive ketones (excluding diaryl/α,β-unsaturated/α-hetero) is 2. The standard InChI is InChI=1S/C31H21FN2O4/c32-22-12-5-3-10-20(22)27(35)25-26(28(36)24-14-7-17-38-24)34-16-15-18-8-1-2-9-19(18)29(34)31(25)21-11-4-6-13-23(21)33-30(31)37/h1-17,25-26,29H,(H,33,37). The van der Waals surface area contributed by atoms with Crippen LogP contribution in [-0.4, -0.2) is 28.4 Å². The van der Waals surface area contributed by atoms with Crippen molar-refractivity contribution in [2.24, 2.45) is 5.92 Å². The molecule has 1 N–H and O–H groups in total. The van der Waals surface area contributed by atoms with Crippen LogP contribution < -0.4 is 5.32 Å². The lowest BCUT2D eigenvalue weighted by Gasteiger charge is -2.38. The summed E-state index contributed by atoms with van der Waals surface area (Å²) >= 11 is 0. The van der Waals surface area contributed by atoms with E-state index in [1.165, 1.54) is 30.5 Å². The number of amides is 1. The fourth-order valence-electron chi connectivity index (χ4n) is 6.56. The highest BCUT2D eigenvalue weighted by Crippen LogP contribution is 2.62. The van der Waals surface area contributed by atoms with Crippen molar-refractivity contribution in [1.29, 1.82) is 0 Å². The summed E-state index contributed by atoms with van der Waals surface area (Å²) < 4.78 is 20.6. The lowest BCUT2D eigenvalue weighted by Crippen LogP contribution is -2.49. The average molecular weight is 505 g/mol. The van der Waals surface area contributed by atoms with Gasteiger partial charge in [-0.2, -0.15) is 0 Å². The normalized spacial score (nSPS) is 24.6. The number of furan rings is 1. The number of nitrogens with one attached hydrogen (secondary N) is 1. The van der Waals surface area contributed by atoms with E-state index in [0.717, 1.165) is 11.1 Å². The van der Waals surface area contributed by atoms with Crippen LogP contribution in [0.1, 0.15) is 43.6 Å². The van der Waals surface area contributed by atoms with Crippen LogP contribution in [-0.2, 0) is 10.2 Å². The van der Waals surface area contributed by atoms with Crippen LogP contribution >= 0.6 is 0 Å². The minimum Gasteiger partial charge on any atom is -0.461 e. The fraction of sp³-hybridized carbons (Fsp3) is 0.129. The average Bonchev–Trinajstić information content (AvgIpc) is 3.65. The van der Waals surface area contributed by atoms with E-state index in [1.807, 2.05) is 42.5 Å². The van der Waals surface area contributed by atoms with Crippen LogP contribution in [0.2, 0.25) is 0 Å². The number of para-hydroxylation sites is 1. The second kappa shape index (κ2) is 8.11. The van der Waals surface area contributed by atoms with Gasteiger partial charge in [-0.05, 0) is 53.1 Å². The second-order valence-electron chi connectivity index (χ2n) is 9.77. The van der Waals surface area contributed by atoms with Gasteiger partial charge in [-0.3, -0.25) is 14.4 Å². The Balaban J connectivity index is 1.56. The molecule has 4 unspecified atom stereocenters. The Hall–Kier alpha value is -4.78. The molecule has 4 aromatic rings. The molecular weight excluding hydrogens is 483 g/mol. The van der Waals surface area contributed by atoms with E-state index in [-0.39, 0.29) is 11.3 Å². The summed E-state index contributed by atoms with van der Waals surface area (Å²) in [4.78, 5) is 44.6. The van der Waals surface area contributed by atoms with Gasteiger partial charge in [0.25, 0.3) is 0 Å². The lowest BCUT2D eigenvalue weighted by molar-refractivity contribution is -0.122. The zero-order valence-electron chi connectivity index (χ0n) is 20.0. The van der Waals surface area contributed by atoms with Crippen molar-refractivity contribution in [3.05, 3.63) is 131 Å². The molecule has 3 aliphatic rings. The van der Waals surface area contributed by atoms with Gasteiger partial charge in [-0.1, -0.05) is 54.6 Å². The van der Waals surface area contributed by atoms with Crippen LogP contribution in [0, 0.1) is 11.7 Å². The molecule has 4 atom stereocenters. The SMILES string of the molecule is O=C(c1ccco1)C1C(C(=O)c2ccccc2F)C2(C(=O)Nc3ccccc32)C2c3ccccc3C=CN12. The number of benzene rings is 3. The quantitative estimate of drug-likeness (QED) is 0.377. The molecule has 4 heterocycles. The molecular formula is C31H21FN2O4. The van der Waals surface area contributed by atoms with E-state index in [9.17, 15) is 14.4 Å². The monoisotopic (exact) mass is 504 g/mol. The first-order valence-corrected chi connectivity index (χ1v) is 12.4. The van der Waals surface area contributed by atoms with E-state index in [0.29, 0.717) is 11.3 Å². The molecule has 0 saturated carbocycles. The Kier molecular flexibility index (Phi) is 4.79. The predicted molar refractivity (Wildman–Crippen MR) is 138 cm³/mol. The summed E-state index contributed by atoms with van der Waals surface area (Å²) in [6.45, 7) is 0. The summed E-state index contributed by atoms with van der Waals surface area (Å²) in [7, 11) is 0. The number of ketones is 2. The first-order valence-electron chi connectivity index (χ1n) is 12.4. The number of rotatable bonds is 4. The summed E-state index contributed by atoms with van der Waals surface area (Å²) in [5.74, 6) is -3.35. The first-order chi connectivity index (χ1) is 18.5. The van der Waals surface area contributed by atoms with Crippen molar-refractivity contribution >= 4 is 29.2 Å². The van der Waals surface area contributed by atoms with Crippen LogP contribution in [0.25, 0.3) is 6.08 Å². The van der Waals surface area contributed by atoms with Gasteiger partial charge in [0, 0.05) is 11.9 Å². The van der Waals surface area contributed by atoms with Crippen molar-refractivity contribution in [2.75, 3.05) is 5.32 Å². The van der Waals surface area contributed by atoms with Crippen LogP contribution in [0.3, 0.4) is 0 Å². The maximum Gasteiger partial charge on any atom is 0.238 e. The zero-order chi connectivity index (χ0) is 26.0. The van der Waals surface area contributed by atoms with E-state index in [2.05, 4.69) is 5.32 Å². The highest BCUT2D eigenvalue weighted by Gasteiger charge is 2.71. The molecule has 1 fully saturated rings. The van der Waals surface area contributed by atoms with Crippen LogP contribution in [0.4, 0.5) is 10.1 Å². The van der Waals surface area contributed by atoms with Crippen molar-refractivity contribution in [1.82, 2.24) is 4.90 Å². The smallest absolute Gasteiger partial charge is 0.238 e. The number of hydrogen-bond acceptors (Lipinski definition) is 5. The zero-order valence-corrected chi connectivity index (χ0v) is 20.0. The topological polar surface area (TPSA) is 79.6 Å². The Morgan fingerprint density at radius 1 is 0.895 bits per heavy atom. The predicted octanol–water partition coefficient (Wildman–Crippen LogP) is 5.40. The van der Waals surface area contributed by atoms with Gasteiger partial charge in [-0.25, -0.2) is 4.39 Å². The molecule has 186 valence electrons. The number of halogens is 1. The number of carbonyl (C=O) groups excluding carboxylic acids is 3. The van der Waals surface area contributed by atoms with E-state index in [1.54, 1.807) is 35.4 Å². The lowest BCUT2D eigenvalue weighted by atomic mass is 9.62. The molecule has 1 amide bonds. The molecule has 6 nitrogen and oxygen atoms in total. The van der Waals surface area contributed by atoms with Crippen molar-refractivity contribution in [2.45, 2.75) is 17.5 Å². The molecule has 0 bridgehead atoms. The van der Waals surface area contributed by atoms with Crippen molar-refractivity contribution < 1.29 is 23.2 Å². The summed E-state index contributed by atoms with van der Waals surface area (Å²) in [5, 5.41) is 2.97. The number of fused-ring (bicyclic) bond motifs is 6. The Morgan fingerprint density at radius 2 is 1.66 bits per heavy atom. The molecule has 7 rings (SSSR count). The first kappa shape index (κ1) is 22.4. The van der Waals surface area contributed by atoms with Gasteiger partial charge in [0.05, 0.1) is 23.8 Å². The summed E-state index contributed by atoms with van der Waals surface area (Å²) in [6.07, 6.45) is 5.03. The number of carbonyl (C=O) groups is 3. The molecule has 0 radical (unpaired) electrons. The van der Waals surface area contributed by atoms with Gasteiger partial charge in [-0.15, -0.1) is 0 Å². The minimum absolute atomic E-state index is 0.0658. The van der Waals surface area contributed by atoms with Gasteiger partial charge in [0.1, 0.15) is 17.3 Å². The number of hydrogen-bond donors (Lipinski definition) is 1. The Bertz CT molecular complexity index is 1660. The molecule has 3 aliphatic heterocycles. The molecule has 7 heteroatoms. The number of anilines is 1. The maximum atomic E-state index is 15.1. The third kappa shape index (κ3) is 2.84. The molecule has 1 aromatic heterocycles. The molecule has 1 saturated heterocycles. The van der Waals surface area contributed by atoms with Crippen LogP contribution in [0.15, 0.2) is 102 Å². The highest BCUT2D eigenvalue weighted by atomic mass is 19.1. The Labute approximate surface area is 217 Å². The Morgan fingerprint density at radius 3 is 2.47 bits per heavy atom. The minimum atomic E-state index is -1.51. The van der Waals surface area contributed by atoms with Gasteiger partial charge in [0.2, 0.25) is 11.7 Å². The molecule has 1 spiro atoms.